The van der Waals surface area contributed by atoms with Gasteiger partial charge in [0.2, 0.25) is 5.52 Å². The van der Waals surface area contributed by atoms with Crippen molar-refractivity contribution in [2.75, 3.05) is 0 Å². The van der Waals surface area contributed by atoms with Gasteiger partial charge in [-0.3, -0.25) is 0 Å². The minimum absolute atomic E-state index is 0.336. The van der Waals surface area contributed by atoms with Crippen LogP contribution in [0.4, 0.5) is 0 Å². The number of fused-ring (bicyclic) bond motifs is 1. The molecule has 3 heteroatoms. The van der Waals surface area contributed by atoms with Crippen LogP contribution in [-0.2, 0) is 6.54 Å². The van der Waals surface area contributed by atoms with Crippen molar-refractivity contribution in [1.29, 1.82) is 0 Å². The summed E-state index contributed by atoms with van der Waals surface area (Å²) in [6.45, 7) is 0.604. The third kappa shape index (κ3) is 4.43. The van der Waals surface area contributed by atoms with Crippen molar-refractivity contribution < 1.29 is 14.1 Å². The zero-order chi connectivity index (χ0) is 21.8. The number of carbonyl (C=O) groups excluding carboxylic acids is 1. The van der Waals surface area contributed by atoms with Crippen LogP contribution < -0.4 is 9.30 Å². The number of ether oxygens (including phenoxy) is 1. The highest BCUT2D eigenvalue weighted by molar-refractivity contribution is 5.89. The van der Waals surface area contributed by atoms with Crippen LogP contribution in [0.5, 0.6) is 5.75 Å². The molecule has 1 aromatic heterocycles. The fraction of sp³-hybridized carbons (Fsp3) is 0.241. The smallest absolute Gasteiger partial charge is 0.409 e. The van der Waals surface area contributed by atoms with E-state index in [2.05, 4.69) is 30.3 Å². The first-order chi connectivity index (χ1) is 15.8. The molecule has 1 saturated carbocycles. The Morgan fingerprint density at radius 3 is 2.28 bits per heavy atom. The molecule has 0 saturated heterocycles. The summed E-state index contributed by atoms with van der Waals surface area (Å²) in [5.74, 6) is 0.896. The van der Waals surface area contributed by atoms with Crippen molar-refractivity contribution in [2.45, 2.75) is 44.6 Å². The van der Waals surface area contributed by atoms with Gasteiger partial charge in [0.1, 0.15) is 5.75 Å². The minimum atomic E-state index is -0.336. The third-order valence-corrected chi connectivity index (χ3v) is 6.50. The molecular formula is C29H28NO2+. The number of aromatic nitrogens is 1. The van der Waals surface area contributed by atoms with Crippen molar-refractivity contribution in [1.82, 2.24) is 0 Å². The molecule has 5 rings (SSSR count). The molecule has 4 aromatic rings. The van der Waals surface area contributed by atoms with Crippen molar-refractivity contribution in [3.8, 4) is 5.75 Å². The summed E-state index contributed by atoms with van der Waals surface area (Å²) in [7, 11) is 0. The Bertz CT molecular complexity index is 1210. The topological polar surface area (TPSA) is 30.2 Å². The molecule has 1 heterocycles. The van der Waals surface area contributed by atoms with Crippen LogP contribution in [0.25, 0.3) is 10.9 Å². The first-order valence-electron chi connectivity index (χ1n) is 11.6. The molecule has 0 atom stereocenters. The molecule has 0 spiro atoms. The van der Waals surface area contributed by atoms with Gasteiger partial charge in [0, 0.05) is 23.1 Å². The zero-order valence-corrected chi connectivity index (χ0v) is 18.2. The van der Waals surface area contributed by atoms with Gasteiger partial charge in [0.05, 0.1) is 0 Å². The van der Waals surface area contributed by atoms with E-state index in [-0.39, 0.29) is 5.97 Å². The molecule has 0 amide bonds. The summed E-state index contributed by atoms with van der Waals surface area (Å²) in [5, 5.41) is 1.09. The summed E-state index contributed by atoms with van der Waals surface area (Å²) in [6, 6.07) is 30.3. The summed E-state index contributed by atoms with van der Waals surface area (Å²) in [4.78, 5) is 13.2. The van der Waals surface area contributed by atoms with Crippen molar-refractivity contribution in [3.63, 3.8) is 0 Å². The number of hydrogen-bond donors (Lipinski definition) is 0. The first kappa shape index (κ1) is 20.4. The lowest BCUT2D eigenvalue weighted by atomic mass is 9.84. The second-order valence-electron chi connectivity index (χ2n) is 8.64. The number of benzene rings is 3. The van der Waals surface area contributed by atoms with Gasteiger partial charge in [-0.15, -0.1) is 0 Å². The molecule has 3 nitrogen and oxygen atoms in total. The van der Waals surface area contributed by atoms with E-state index >= 15 is 0 Å². The van der Waals surface area contributed by atoms with Crippen LogP contribution in [0.2, 0.25) is 0 Å². The van der Waals surface area contributed by atoms with Crippen LogP contribution in [-0.4, -0.2) is 5.97 Å². The van der Waals surface area contributed by atoms with Crippen molar-refractivity contribution in [3.05, 3.63) is 108 Å². The number of rotatable bonds is 5. The van der Waals surface area contributed by atoms with E-state index in [0.717, 1.165) is 16.5 Å². The minimum Gasteiger partial charge on any atom is -0.419 e. The van der Waals surface area contributed by atoms with Crippen LogP contribution in [0.15, 0.2) is 91.0 Å². The van der Waals surface area contributed by atoms with Crippen molar-refractivity contribution >= 4 is 16.9 Å². The Balaban J connectivity index is 1.42. The molecule has 0 unspecified atom stereocenters. The number of para-hydroxylation sites is 1. The standard InChI is InChI=1S/C29H28NO2/c31-29(32-26-18-15-24(16-19-26)23-11-5-2-6-12-23)28-20-17-25-13-7-8-14-27(25)30(28)21-22-9-3-1-4-10-22/h1,3-4,7-10,13-20,23H,2,5-6,11-12,21H2/q+1. The third-order valence-electron chi connectivity index (χ3n) is 6.50. The molecule has 0 bridgehead atoms. The molecule has 3 aromatic carbocycles. The van der Waals surface area contributed by atoms with E-state index in [1.807, 2.05) is 65.2 Å². The van der Waals surface area contributed by atoms with E-state index in [9.17, 15) is 4.79 Å². The van der Waals surface area contributed by atoms with Crippen LogP contribution in [0, 0.1) is 0 Å². The fourth-order valence-electron chi connectivity index (χ4n) is 4.78. The maximum Gasteiger partial charge on any atom is 0.409 e. The average Bonchev–Trinajstić information content (AvgIpc) is 2.86. The summed E-state index contributed by atoms with van der Waals surface area (Å²) < 4.78 is 7.86. The Hall–Kier alpha value is -3.46. The van der Waals surface area contributed by atoms with Gasteiger partial charge in [0.15, 0.2) is 6.54 Å². The highest BCUT2D eigenvalue weighted by atomic mass is 16.5. The lowest BCUT2D eigenvalue weighted by molar-refractivity contribution is -0.664. The van der Waals surface area contributed by atoms with Gasteiger partial charge in [-0.1, -0.05) is 73.9 Å². The molecular weight excluding hydrogens is 394 g/mol. The Morgan fingerprint density at radius 2 is 1.50 bits per heavy atom. The predicted molar refractivity (Wildman–Crippen MR) is 127 cm³/mol. The summed E-state index contributed by atoms with van der Waals surface area (Å²) in [5.41, 5.74) is 4.05. The number of hydrogen-bond acceptors (Lipinski definition) is 2. The number of nitrogens with zero attached hydrogens (tertiary/aromatic N) is 1. The van der Waals surface area contributed by atoms with Gasteiger partial charge in [-0.05, 0) is 48.6 Å². The van der Waals surface area contributed by atoms with Gasteiger partial charge < -0.3 is 4.74 Å². The molecule has 160 valence electrons. The molecule has 1 aliphatic rings. The maximum absolute atomic E-state index is 13.2. The first-order valence-corrected chi connectivity index (χ1v) is 11.6. The zero-order valence-electron chi connectivity index (χ0n) is 18.2. The maximum atomic E-state index is 13.2. The monoisotopic (exact) mass is 422 g/mol. The fourth-order valence-corrected chi connectivity index (χ4v) is 4.78. The van der Waals surface area contributed by atoms with Crippen LogP contribution >= 0.6 is 0 Å². The number of esters is 1. The summed E-state index contributed by atoms with van der Waals surface area (Å²) in [6.07, 6.45) is 6.49. The molecule has 0 N–H and O–H groups in total. The van der Waals surface area contributed by atoms with E-state index in [1.165, 1.54) is 37.7 Å². The number of pyridine rings is 1. The highest BCUT2D eigenvalue weighted by Crippen LogP contribution is 2.33. The van der Waals surface area contributed by atoms with Crippen LogP contribution in [0.3, 0.4) is 0 Å². The summed E-state index contributed by atoms with van der Waals surface area (Å²) >= 11 is 0. The lowest BCUT2D eigenvalue weighted by Gasteiger charge is -2.21. The largest absolute Gasteiger partial charge is 0.419 e. The van der Waals surface area contributed by atoms with Crippen molar-refractivity contribution in [2.24, 2.45) is 0 Å². The lowest BCUT2D eigenvalue weighted by Crippen LogP contribution is -2.42. The Morgan fingerprint density at radius 1 is 0.781 bits per heavy atom. The Kier molecular flexibility index (Phi) is 5.98. The van der Waals surface area contributed by atoms with Crippen LogP contribution in [0.1, 0.15) is 59.6 Å². The van der Waals surface area contributed by atoms with E-state index < -0.39 is 0 Å². The second kappa shape index (κ2) is 9.35. The molecule has 32 heavy (non-hydrogen) atoms. The van der Waals surface area contributed by atoms with Gasteiger partial charge >= 0.3 is 5.97 Å². The quantitative estimate of drug-likeness (QED) is 0.210. The second-order valence-corrected chi connectivity index (χ2v) is 8.64. The SMILES string of the molecule is O=C(Oc1ccc(C2CCCCC2)cc1)c1ccc2ccccc2[n+]1Cc1ccccc1. The van der Waals surface area contributed by atoms with Gasteiger partial charge in [-0.2, -0.15) is 4.57 Å². The van der Waals surface area contributed by atoms with Gasteiger partial charge in [0.25, 0.3) is 5.69 Å². The normalized spacial score (nSPS) is 14.4. The average molecular weight is 423 g/mol. The van der Waals surface area contributed by atoms with E-state index in [4.69, 9.17) is 4.74 Å². The predicted octanol–water partition coefficient (Wildman–Crippen LogP) is 6.44. The molecule has 0 aliphatic heterocycles. The molecule has 1 fully saturated rings. The molecule has 1 aliphatic carbocycles. The van der Waals surface area contributed by atoms with E-state index in [0.29, 0.717) is 23.9 Å². The Labute approximate surface area is 189 Å². The number of carbonyl (C=O) groups is 1. The molecule has 0 radical (unpaired) electrons. The highest BCUT2D eigenvalue weighted by Gasteiger charge is 2.25. The van der Waals surface area contributed by atoms with E-state index in [1.54, 1.807) is 0 Å². The van der Waals surface area contributed by atoms with Gasteiger partial charge in [-0.25, -0.2) is 4.79 Å².